The van der Waals surface area contributed by atoms with Gasteiger partial charge in [-0.25, -0.2) is 0 Å². The summed E-state index contributed by atoms with van der Waals surface area (Å²) in [6.07, 6.45) is -1.53. The van der Waals surface area contributed by atoms with E-state index in [4.69, 9.17) is 12.2 Å². The third-order valence-corrected chi connectivity index (χ3v) is 5.93. The normalized spacial score (nSPS) is 16.3. The second kappa shape index (κ2) is 6.64. The summed E-state index contributed by atoms with van der Waals surface area (Å²) < 4.78 is 11.5. The van der Waals surface area contributed by atoms with Crippen molar-refractivity contribution in [3.05, 3.63) is 0 Å². The SMILES string of the molecule is CC(C)CP(=O)([S-])C(C)C.[K+]. The van der Waals surface area contributed by atoms with Gasteiger partial charge in [0.05, 0.1) is 0 Å². The molecule has 1 unspecified atom stereocenters. The van der Waals surface area contributed by atoms with E-state index < -0.39 is 6.34 Å². The maximum Gasteiger partial charge on any atom is 1.00 e. The van der Waals surface area contributed by atoms with Crippen molar-refractivity contribution < 1.29 is 55.9 Å². The molecule has 0 fully saturated rings. The van der Waals surface area contributed by atoms with Gasteiger partial charge in [0.2, 0.25) is 0 Å². The second-order valence-corrected chi connectivity index (χ2v) is 8.10. The molecule has 0 aromatic carbocycles. The smallest absolute Gasteiger partial charge is 0.717 e. The van der Waals surface area contributed by atoms with Gasteiger partial charge in [-0.15, -0.1) is 0 Å². The van der Waals surface area contributed by atoms with Crippen LogP contribution in [-0.4, -0.2) is 11.8 Å². The molecule has 0 saturated carbocycles. The van der Waals surface area contributed by atoms with Crippen molar-refractivity contribution in [2.45, 2.75) is 33.4 Å². The van der Waals surface area contributed by atoms with Crippen molar-refractivity contribution >= 4 is 18.6 Å². The summed E-state index contributed by atoms with van der Waals surface area (Å²) in [5, 5.41) is 0. The Hall–Kier alpha value is 2.22. The molecule has 0 aliphatic rings. The van der Waals surface area contributed by atoms with Gasteiger partial charge in [-0.05, 0) is 24.1 Å². The van der Waals surface area contributed by atoms with E-state index in [9.17, 15) is 4.57 Å². The van der Waals surface area contributed by atoms with E-state index >= 15 is 0 Å². The zero-order valence-corrected chi connectivity index (χ0v) is 13.0. The minimum atomic E-state index is -2.24. The standard InChI is InChI=1S/C7H17OPS.K/c1-6(2)5-9(8,10)7(3)4;/h6-7H,5H2,1-4H3,(H,8,10);/q;+1/p-1. The molecule has 0 spiro atoms. The molecule has 1 nitrogen and oxygen atoms in total. The number of hydrogen-bond acceptors (Lipinski definition) is 2. The predicted molar refractivity (Wildman–Crippen MR) is 49.8 cm³/mol. The van der Waals surface area contributed by atoms with Crippen molar-refractivity contribution in [3.63, 3.8) is 0 Å². The summed E-state index contributed by atoms with van der Waals surface area (Å²) in [4.78, 5) is 0. The molecule has 0 bridgehead atoms. The van der Waals surface area contributed by atoms with Crippen LogP contribution in [0.3, 0.4) is 0 Å². The summed E-state index contributed by atoms with van der Waals surface area (Å²) in [5.74, 6) is 0.464. The topological polar surface area (TPSA) is 17.1 Å². The molecular formula is C7H16KOPS. The van der Waals surface area contributed by atoms with Crippen LogP contribution in [-0.2, 0) is 16.8 Å². The fraction of sp³-hybridized carbons (Fsp3) is 1.00. The van der Waals surface area contributed by atoms with Crippen LogP contribution < -0.4 is 51.4 Å². The third-order valence-electron chi connectivity index (χ3n) is 1.41. The minimum absolute atomic E-state index is 0. The molecule has 0 amide bonds. The Morgan fingerprint density at radius 1 is 1.27 bits per heavy atom. The molecule has 0 rings (SSSR count). The molecule has 0 heterocycles. The summed E-state index contributed by atoms with van der Waals surface area (Å²) >= 11 is 5.00. The Labute approximate surface area is 118 Å². The second-order valence-electron chi connectivity index (χ2n) is 3.40. The fourth-order valence-electron chi connectivity index (χ4n) is 0.720. The number of rotatable bonds is 3. The Kier molecular flexibility index (Phi) is 9.46. The third kappa shape index (κ3) is 7.30. The monoisotopic (exact) mass is 218 g/mol. The van der Waals surface area contributed by atoms with Gasteiger partial charge in [-0.2, -0.15) is 0 Å². The van der Waals surface area contributed by atoms with Gasteiger partial charge < -0.3 is 16.8 Å². The van der Waals surface area contributed by atoms with E-state index in [2.05, 4.69) is 13.8 Å². The van der Waals surface area contributed by atoms with E-state index in [1.165, 1.54) is 0 Å². The Bertz CT molecular complexity index is 147. The van der Waals surface area contributed by atoms with Crippen LogP contribution >= 0.6 is 6.34 Å². The first kappa shape index (κ1) is 15.7. The van der Waals surface area contributed by atoms with Crippen LogP contribution in [0.4, 0.5) is 0 Å². The quantitative estimate of drug-likeness (QED) is 0.373. The van der Waals surface area contributed by atoms with Gasteiger partial charge in [0.1, 0.15) is 0 Å². The summed E-state index contributed by atoms with van der Waals surface area (Å²) in [6, 6.07) is 0. The maximum atomic E-state index is 11.5. The molecule has 1 atom stereocenters. The van der Waals surface area contributed by atoms with E-state index in [1.807, 2.05) is 13.8 Å². The maximum absolute atomic E-state index is 11.5. The first-order chi connectivity index (χ1) is 4.36. The van der Waals surface area contributed by atoms with Crippen LogP contribution in [0.15, 0.2) is 0 Å². The van der Waals surface area contributed by atoms with Crippen LogP contribution in [0.25, 0.3) is 0 Å². The molecule has 0 saturated heterocycles. The van der Waals surface area contributed by atoms with Gasteiger partial charge in [-0.1, -0.05) is 27.7 Å². The zero-order valence-electron chi connectivity index (χ0n) is 8.13. The molecule has 62 valence electrons. The van der Waals surface area contributed by atoms with Crippen molar-refractivity contribution in [1.29, 1.82) is 0 Å². The van der Waals surface area contributed by atoms with Crippen molar-refractivity contribution in [2.24, 2.45) is 5.92 Å². The van der Waals surface area contributed by atoms with Crippen molar-refractivity contribution in [2.75, 3.05) is 6.16 Å². The summed E-state index contributed by atoms with van der Waals surface area (Å²) in [6.45, 7) is 8.00. The first-order valence-corrected chi connectivity index (χ1v) is 6.63. The number of hydrogen-bond donors (Lipinski definition) is 0. The molecule has 0 N–H and O–H groups in total. The van der Waals surface area contributed by atoms with Crippen molar-refractivity contribution in [3.8, 4) is 0 Å². The molecule has 0 aliphatic carbocycles. The Morgan fingerprint density at radius 2 is 1.64 bits per heavy atom. The van der Waals surface area contributed by atoms with Crippen LogP contribution in [0.5, 0.6) is 0 Å². The summed E-state index contributed by atoms with van der Waals surface area (Å²) in [5.41, 5.74) is 0.171. The van der Waals surface area contributed by atoms with Gasteiger partial charge in [0.15, 0.2) is 0 Å². The van der Waals surface area contributed by atoms with E-state index in [-0.39, 0.29) is 57.0 Å². The Morgan fingerprint density at radius 3 is 1.73 bits per heavy atom. The largest absolute Gasteiger partial charge is 1.00 e. The van der Waals surface area contributed by atoms with Crippen LogP contribution in [0, 0.1) is 5.92 Å². The fourth-order valence-corrected chi connectivity index (χ4v) is 3.05. The predicted octanol–water partition coefficient (Wildman–Crippen LogP) is -0.120. The minimum Gasteiger partial charge on any atom is -0.717 e. The van der Waals surface area contributed by atoms with Gasteiger partial charge in [0.25, 0.3) is 0 Å². The average molecular weight is 218 g/mol. The molecule has 0 aromatic heterocycles. The molecule has 0 aliphatic heterocycles. The zero-order chi connectivity index (χ0) is 8.36. The van der Waals surface area contributed by atoms with Crippen LogP contribution in [0.1, 0.15) is 27.7 Å². The summed E-state index contributed by atoms with van der Waals surface area (Å²) in [7, 11) is 0. The van der Waals surface area contributed by atoms with Gasteiger partial charge in [-0.3, -0.25) is 0 Å². The van der Waals surface area contributed by atoms with Gasteiger partial charge in [0, 0.05) is 0 Å². The van der Waals surface area contributed by atoms with E-state index in [0.717, 1.165) is 0 Å². The Balaban J connectivity index is 0. The van der Waals surface area contributed by atoms with Gasteiger partial charge >= 0.3 is 51.4 Å². The van der Waals surface area contributed by atoms with E-state index in [1.54, 1.807) is 0 Å². The molecule has 11 heavy (non-hydrogen) atoms. The molecule has 0 radical (unpaired) electrons. The molecular weight excluding hydrogens is 202 g/mol. The first-order valence-electron chi connectivity index (χ1n) is 3.66. The van der Waals surface area contributed by atoms with Crippen LogP contribution in [0.2, 0.25) is 0 Å². The van der Waals surface area contributed by atoms with E-state index in [0.29, 0.717) is 12.1 Å². The van der Waals surface area contributed by atoms with Crippen molar-refractivity contribution in [1.82, 2.24) is 0 Å². The molecule has 0 aromatic rings. The average Bonchev–Trinajstić information content (AvgIpc) is 1.60. The molecule has 4 heteroatoms.